The average Bonchev–Trinajstić information content (AvgIpc) is 1.82. The fraction of sp³-hybridized carbons (Fsp3) is 0.500. The van der Waals surface area contributed by atoms with Crippen molar-refractivity contribution in [3.63, 3.8) is 0 Å². The van der Waals surface area contributed by atoms with Crippen LogP contribution in [0.2, 0.25) is 0 Å². The van der Waals surface area contributed by atoms with Gasteiger partial charge in [-0.2, -0.15) is 0 Å². The number of hydrogen-bond donors (Lipinski definition) is 1. The number of nitrogens with one attached hydrogen (secondary N) is 1. The first-order valence-corrected chi connectivity index (χ1v) is 2.76. The van der Waals surface area contributed by atoms with Crippen LogP contribution in [0.1, 0.15) is 0 Å². The van der Waals surface area contributed by atoms with Crippen molar-refractivity contribution < 1.29 is 0 Å². The van der Waals surface area contributed by atoms with Crippen molar-refractivity contribution in [2.45, 2.75) is 0 Å². The zero-order valence-corrected chi connectivity index (χ0v) is 6.13. The molecule has 3 nitrogen and oxygen atoms in total. The monoisotopic (exact) mass is 127 g/mol. The molecule has 0 aliphatic heterocycles. The molecule has 0 fully saturated rings. The van der Waals surface area contributed by atoms with Crippen LogP contribution in [0.3, 0.4) is 0 Å². The van der Waals surface area contributed by atoms with E-state index in [1.807, 2.05) is 37.4 Å². The summed E-state index contributed by atoms with van der Waals surface area (Å²) >= 11 is 0. The molecule has 3 heteroatoms. The van der Waals surface area contributed by atoms with Gasteiger partial charge in [0.05, 0.1) is 0 Å². The molecule has 0 saturated carbocycles. The Balaban J connectivity index is 3.61. The molecule has 0 rings (SSSR count). The maximum absolute atomic E-state index is 6.68. The van der Waals surface area contributed by atoms with Crippen molar-refractivity contribution in [3.05, 3.63) is 12.3 Å². The van der Waals surface area contributed by atoms with Crippen LogP contribution >= 0.6 is 0 Å². The Labute approximate surface area is 56.0 Å². The van der Waals surface area contributed by atoms with Gasteiger partial charge in [-0.3, -0.25) is 0 Å². The third kappa shape index (κ3) is 3.73. The van der Waals surface area contributed by atoms with Crippen LogP contribution in [0.25, 0.3) is 0 Å². The first kappa shape index (κ1) is 8.17. The molecule has 52 valence electrons. The predicted octanol–water partition coefficient (Wildman–Crippen LogP) is 0.558. The first-order chi connectivity index (χ1) is 4.18. The van der Waals surface area contributed by atoms with Gasteiger partial charge in [-0.05, 0) is 6.08 Å². The van der Waals surface area contributed by atoms with E-state index in [1.54, 1.807) is 6.08 Å². The van der Waals surface area contributed by atoms with Crippen LogP contribution in [-0.4, -0.2) is 37.4 Å². The molecular formula is C6H13N3. The number of rotatable bonds is 3. The van der Waals surface area contributed by atoms with E-state index in [1.165, 1.54) is 6.21 Å². The molecule has 0 aliphatic carbocycles. The van der Waals surface area contributed by atoms with Crippen molar-refractivity contribution in [2.75, 3.05) is 21.1 Å². The van der Waals surface area contributed by atoms with E-state index in [2.05, 4.69) is 0 Å². The highest BCUT2D eigenvalue weighted by molar-refractivity contribution is 5.67. The van der Waals surface area contributed by atoms with Gasteiger partial charge < -0.3 is 10.4 Å². The summed E-state index contributed by atoms with van der Waals surface area (Å²) in [5.41, 5.74) is 0. The molecule has 0 atom stereocenters. The number of hydrazine groups is 1. The lowest BCUT2D eigenvalue weighted by Crippen LogP contribution is -2.27. The Morgan fingerprint density at radius 1 is 1.22 bits per heavy atom. The van der Waals surface area contributed by atoms with Gasteiger partial charge in [0.1, 0.15) is 0 Å². The average molecular weight is 127 g/mol. The van der Waals surface area contributed by atoms with Gasteiger partial charge in [-0.25, -0.2) is 5.01 Å². The maximum atomic E-state index is 6.68. The van der Waals surface area contributed by atoms with Crippen molar-refractivity contribution in [2.24, 2.45) is 0 Å². The van der Waals surface area contributed by atoms with Gasteiger partial charge in [0.15, 0.2) is 0 Å². The van der Waals surface area contributed by atoms with Gasteiger partial charge in [0.25, 0.3) is 0 Å². The minimum Gasteiger partial charge on any atom is -0.317 e. The summed E-state index contributed by atoms with van der Waals surface area (Å²) in [7, 11) is 5.79. The summed E-state index contributed by atoms with van der Waals surface area (Å²) in [5.74, 6) is 0. The van der Waals surface area contributed by atoms with E-state index in [-0.39, 0.29) is 0 Å². The summed E-state index contributed by atoms with van der Waals surface area (Å²) in [6.45, 7) is 0. The summed E-state index contributed by atoms with van der Waals surface area (Å²) in [5, 5.41) is 10.5. The standard InChI is InChI=1S/C6H13N3/c1-8(2)9(3)6-4-5-7/h4-7H,1-3H3/b6-4+,7-5?. The van der Waals surface area contributed by atoms with E-state index in [0.717, 1.165) is 0 Å². The molecule has 0 aliphatic rings. The van der Waals surface area contributed by atoms with Crippen LogP contribution in [0.5, 0.6) is 0 Å². The van der Waals surface area contributed by atoms with Gasteiger partial charge >= 0.3 is 0 Å². The third-order valence-electron chi connectivity index (χ3n) is 1.03. The lowest BCUT2D eigenvalue weighted by atomic mass is 10.6. The molecule has 0 bridgehead atoms. The van der Waals surface area contributed by atoms with Crippen LogP contribution in [0, 0.1) is 5.41 Å². The van der Waals surface area contributed by atoms with Crippen molar-refractivity contribution in [1.82, 2.24) is 10.0 Å². The van der Waals surface area contributed by atoms with Crippen molar-refractivity contribution in [1.29, 1.82) is 5.41 Å². The van der Waals surface area contributed by atoms with E-state index in [9.17, 15) is 0 Å². The van der Waals surface area contributed by atoms with Gasteiger partial charge in [0, 0.05) is 33.6 Å². The van der Waals surface area contributed by atoms with Gasteiger partial charge in [-0.1, -0.05) is 0 Å². The molecule has 0 spiro atoms. The SMILES string of the molecule is CN(C)N(C)/C=C/C=N. The van der Waals surface area contributed by atoms with Crippen LogP contribution < -0.4 is 0 Å². The molecule has 9 heavy (non-hydrogen) atoms. The Bertz CT molecular complexity index is 107. The second-order valence-electron chi connectivity index (χ2n) is 1.93. The van der Waals surface area contributed by atoms with E-state index in [0.29, 0.717) is 0 Å². The smallest absolute Gasteiger partial charge is 0.0227 e. The Hall–Kier alpha value is -0.830. The summed E-state index contributed by atoms with van der Waals surface area (Å²) in [6, 6.07) is 0. The highest BCUT2D eigenvalue weighted by atomic mass is 15.6. The molecule has 0 aromatic carbocycles. The molecule has 0 heterocycles. The molecule has 0 aromatic heterocycles. The molecule has 0 radical (unpaired) electrons. The first-order valence-electron chi connectivity index (χ1n) is 2.76. The summed E-state index contributed by atoms with van der Waals surface area (Å²) in [6.07, 6.45) is 4.73. The number of hydrogen-bond acceptors (Lipinski definition) is 3. The molecule has 1 N–H and O–H groups in total. The molecule has 0 aromatic rings. The molecule has 0 saturated heterocycles. The Morgan fingerprint density at radius 3 is 2.11 bits per heavy atom. The van der Waals surface area contributed by atoms with Gasteiger partial charge in [0.2, 0.25) is 0 Å². The largest absolute Gasteiger partial charge is 0.317 e. The Morgan fingerprint density at radius 2 is 1.78 bits per heavy atom. The summed E-state index contributed by atoms with van der Waals surface area (Å²) < 4.78 is 0. The molecule has 0 unspecified atom stereocenters. The van der Waals surface area contributed by atoms with Gasteiger partial charge in [-0.15, -0.1) is 0 Å². The van der Waals surface area contributed by atoms with Crippen LogP contribution in [0.4, 0.5) is 0 Å². The minimum atomic E-state index is 1.25. The van der Waals surface area contributed by atoms with E-state index < -0.39 is 0 Å². The quantitative estimate of drug-likeness (QED) is 0.443. The molecular weight excluding hydrogens is 114 g/mol. The minimum absolute atomic E-state index is 1.25. The second-order valence-corrected chi connectivity index (χ2v) is 1.93. The highest BCUT2D eigenvalue weighted by Gasteiger charge is 1.88. The Kier molecular flexibility index (Phi) is 3.71. The zero-order valence-electron chi connectivity index (χ0n) is 6.13. The molecule has 0 amide bonds. The highest BCUT2D eigenvalue weighted by Crippen LogP contribution is 1.84. The van der Waals surface area contributed by atoms with E-state index >= 15 is 0 Å². The number of nitrogens with zero attached hydrogens (tertiary/aromatic N) is 2. The lowest BCUT2D eigenvalue weighted by molar-refractivity contribution is 0.116. The van der Waals surface area contributed by atoms with Crippen LogP contribution in [0.15, 0.2) is 12.3 Å². The topological polar surface area (TPSA) is 30.3 Å². The predicted molar refractivity (Wildman–Crippen MR) is 39.4 cm³/mol. The lowest BCUT2D eigenvalue weighted by Gasteiger charge is -2.21. The fourth-order valence-electron chi connectivity index (χ4n) is 0.301. The fourth-order valence-corrected chi connectivity index (χ4v) is 0.301. The normalized spacial score (nSPS) is 10.7. The summed E-state index contributed by atoms with van der Waals surface area (Å²) in [4.78, 5) is 0. The van der Waals surface area contributed by atoms with E-state index in [4.69, 9.17) is 5.41 Å². The van der Waals surface area contributed by atoms with Crippen molar-refractivity contribution in [3.8, 4) is 0 Å². The van der Waals surface area contributed by atoms with Crippen molar-refractivity contribution >= 4 is 6.21 Å². The van der Waals surface area contributed by atoms with Crippen LogP contribution in [-0.2, 0) is 0 Å². The second kappa shape index (κ2) is 4.09. The zero-order chi connectivity index (χ0) is 7.28. The number of allylic oxidation sites excluding steroid dienone is 1. The third-order valence-corrected chi connectivity index (χ3v) is 1.03. The maximum Gasteiger partial charge on any atom is 0.0227 e.